The first-order valence-corrected chi connectivity index (χ1v) is 11.0. The number of carbonyl (C=O) groups is 2. The molecule has 0 saturated carbocycles. The van der Waals surface area contributed by atoms with E-state index in [1.54, 1.807) is 18.2 Å². The summed E-state index contributed by atoms with van der Waals surface area (Å²) in [5.41, 5.74) is 15.1. The molecule has 0 unspecified atom stereocenters. The molecule has 0 heterocycles. The smallest absolute Gasteiger partial charge is 0.250 e. The summed E-state index contributed by atoms with van der Waals surface area (Å²) in [4.78, 5) is 24.1. The number of anilines is 2. The van der Waals surface area contributed by atoms with Gasteiger partial charge in [-0.1, -0.05) is 29.8 Å². The van der Waals surface area contributed by atoms with Crippen LogP contribution in [-0.4, -0.2) is 20.2 Å². The molecule has 0 aliphatic heterocycles. The van der Waals surface area contributed by atoms with Crippen LogP contribution in [0.1, 0.15) is 21.5 Å². The van der Waals surface area contributed by atoms with Gasteiger partial charge in [-0.05, 0) is 60.5 Å². The maximum absolute atomic E-state index is 12.3. The van der Waals surface area contributed by atoms with E-state index < -0.39 is 15.9 Å². The molecule has 0 fully saturated rings. The monoisotopic (exact) mass is 450 g/mol. The number of primary amides is 1. The second kappa shape index (κ2) is 9.04. The van der Waals surface area contributed by atoms with Crippen LogP contribution in [0.25, 0.3) is 17.2 Å². The lowest BCUT2D eigenvalue weighted by Gasteiger charge is -2.12. The number of nitrogen functional groups attached to an aromatic ring is 1. The van der Waals surface area contributed by atoms with Gasteiger partial charge in [0.1, 0.15) is 0 Å². The van der Waals surface area contributed by atoms with E-state index in [1.807, 2.05) is 19.1 Å². The molecule has 0 radical (unpaired) electrons. The van der Waals surface area contributed by atoms with E-state index in [0.717, 1.165) is 5.56 Å². The van der Waals surface area contributed by atoms with Gasteiger partial charge >= 0.3 is 0 Å². The lowest BCUT2D eigenvalue weighted by atomic mass is 9.96. The molecule has 0 aliphatic rings. The van der Waals surface area contributed by atoms with Gasteiger partial charge in [0.15, 0.2) is 0 Å². The maximum atomic E-state index is 12.3. The Morgan fingerprint density at radius 2 is 1.59 bits per heavy atom. The van der Waals surface area contributed by atoms with Crippen molar-refractivity contribution >= 4 is 39.3 Å². The van der Waals surface area contributed by atoms with Crippen LogP contribution >= 0.6 is 0 Å². The lowest BCUT2D eigenvalue weighted by Crippen LogP contribution is -2.14. The molecule has 0 spiro atoms. The first-order chi connectivity index (χ1) is 15.0. The quantitative estimate of drug-likeness (QED) is 0.335. The summed E-state index contributed by atoms with van der Waals surface area (Å²) in [6.07, 6.45) is 2.85. The number of nitrogens with one attached hydrogen (secondary N) is 1. The van der Waals surface area contributed by atoms with Crippen molar-refractivity contribution in [3.8, 4) is 11.1 Å². The highest BCUT2D eigenvalue weighted by molar-refractivity contribution is 7.89. The van der Waals surface area contributed by atoms with E-state index in [2.05, 4.69) is 5.32 Å². The van der Waals surface area contributed by atoms with Gasteiger partial charge in [-0.15, -0.1) is 0 Å². The molecule has 0 aromatic heterocycles. The fraction of sp³-hybridized carbons (Fsp3) is 0.0435. The molecular formula is C23H22N4O4S. The summed E-state index contributed by atoms with van der Waals surface area (Å²) < 4.78 is 23.0. The highest BCUT2D eigenvalue weighted by atomic mass is 32.2. The first-order valence-electron chi connectivity index (χ1n) is 9.47. The van der Waals surface area contributed by atoms with Gasteiger partial charge < -0.3 is 16.8 Å². The topological polar surface area (TPSA) is 158 Å². The van der Waals surface area contributed by atoms with E-state index >= 15 is 0 Å². The predicted molar refractivity (Wildman–Crippen MR) is 125 cm³/mol. The van der Waals surface area contributed by atoms with Gasteiger partial charge in [0, 0.05) is 17.3 Å². The van der Waals surface area contributed by atoms with Gasteiger partial charge in [-0.2, -0.15) is 0 Å². The zero-order valence-electron chi connectivity index (χ0n) is 17.2. The van der Waals surface area contributed by atoms with E-state index in [1.165, 1.54) is 42.5 Å². The molecule has 164 valence electrons. The average Bonchev–Trinajstić information content (AvgIpc) is 2.74. The number of hydrogen-bond acceptors (Lipinski definition) is 5. The summed E-state index contributed by atoms with van der Waals surface area (Å²) >= 11 is 0. The van der Waals surface area contributed by atoms with Crippen molar-refractivity contribution in [3.63, 3.8) is 0 Å². The minimum atomic E-state index is -3.85. The number of aryl methyl sites for hydroxylation is 1. The summed E-state index contributed by atoms with van der Waals surface area (Å²) in [6.45, 7) is 1.95. The molecule has 0 bridgehead atoms. The van der Waals surface area contributed by atoms with Gasteiger partial charge in [0.2, 0.25) is 15.9 Å². The third-order valence-electron chi connectivity index (χ3n) is 4.71. The van der Waals surface area contributed by atoms with Crippen LogP contribution in [0.5, 0.6) is 0 Å². The zero-order chi connectivity index (χ0) is 23.5. The Kier molecular flexibility index (Phi) is 6.42. The molecule has 3 aromatic carbocycles. The van der Waals surface area contributed by atoms with Crippen molar-refractivity contribution in [3.05, 3.63) is 83.4 Å². The van der Waals surface area contributed by atoms with Crippen LogP contribution in [0.4, 0.5) is 11.4 Å². The molecule has 0 aliphatic carbocycles. The van der Waals surface area contributed by atoms with E-state index in [0.29, 0.717) is 22.4 Å². The zero-order valence-corrected chi connectivity index (χ0v) is 18.0. The summed E-state index contributed by atoms with van der Waals surface area (Å²) in [5.74, 6) is -1.09. The molecule has 9 heteroatoms. The standard InChI is InChI=1S/C23H22N4O4S/c1-14-2-7-17(8-3-14)27-21(28)11-4-15-12-19(22(24)20(13-15)23(25)29)16-5-9-18(10-6-16)32(26,30)31/h2-13H,24H2,1H3,(H2,25,29)(H,27,28)(H2,26,30,31). The van der Waals surface area contributed by atoms with Gasteiger partial charge in [-0.25, -0.2) is 13.6 Å². The Labute approximate surface area is 185 Å². The minimum absolute atomic E-state index is 0.0567. The Morgan fingerprint density at radius 1 is 0.969 bits per heavy atom. The Bertz CT molecular complexity index is 1310. The van der Waals surface area contributed by atoms with Crippen LogP contribution in [0, 0.1) is 6.92 Å². The molecule has 0 atom stereocenters. The molecule has 7 N–H and O–H groups in total. The third kappa shape index (κ3) is 5.39. The second-order valence-corrected chi connectivity index (χ2v) is 8.71. The number of benzene rings is 3. The number of hydrogen-bond donors (Lipinski definition) is 4. The number of carbonyl (C=O) groups excluding carboxylic acids is 2. The van der Waals surface area contributed by atoms with Gasteiger partial charge in [0.25, 0.3) is 5.91 Å². The van der Waals surface area contributed by atoms with E-state index in [9.17, 15) is 18.0 Å². The van der Waals surface area contributed by atoms with Crippen LogP contribution in [0.15, 0.2) is 71.6 Å². The van der Waals surface area contributed by atoms with Crippen molar-refractivity contribution < 1.29 is 18.0 Å². The minimum Gasteiger partial charge on any atom is -0.398 e. The Morgan fingerprint density at radius 3 is 2.16 bits per heavy atom. The fourth-order valence-corrected chi connectivity index (χ4v) is 3.55. The second-order valence-electron chi connectivity index (χ2n) is 7.15. The predicted octanol–water partition coefficient (Wildman–Crippen LogP) is 2.64. The molecular weight excluding hydrogens is 428 g/mol. The average molecular weight is 451 g/mol. The largest absolute Gasteiger partial charge is 0.398 e. The number of primary sulfonamides is 1. The van der Waals surface area contributed by atoms with Crippen molar-refractivity contribution in [1.82, 2.24) is 0 Å². The van der Waals surface area contributed by atoms with Crippen molar-refractivity contribution in [2.45, 2.75) is 11.8 Å². The van der Waals surface area contributed by atoms with Crippen LogP contribution in [-0.2, 0) is 14.8 Å². The van der Waals surface area contributed by atoms with Gasteiger partial charge in [-0.3, -0.25) is 9.59 Å². The van der Waals surface area contributed by atoms with E-state index in [-0.39, 0.29) is 22.1 Å². The molecule has 0 saturated heterocycles. The van der Waals surface area contributed by atoms with Crippen molar-refractivity contribution in [1.29, 1.82) is 0 Å². The summed E-state index contributed by atoms with van der Waals surface area (Å²) in [7, 11) is -3.85. The molecule has 3 aromatic rings. The van der Waals surface area contributed by atoms with Crippen LogP contribution in [0.2, 0.25) is 0 Å². The van der Waals surface area contributed by atoms with Crippen molar-refractivity contribution in [2.75, 3.05) is 11.1 Å². The molecule has 32 heavy (non-hydrogen) atoms. The highest BCUT2D eigenvalue weighted by Crippen LogP contribution is 2.31. The van der Waals surface area contributed by atoms with Crippen molar-refractivity contribution in [2.24, 2.45) is 10.9 Å². The normalized spacial score (nSPS) is 11.4. The van der Waals surface area contributed by atoms with E-state index in [4.69, 9.17) is 16.6 Å². The maximum Gasteiger partial charge on any atom is 0.250 e. The number of amides is 2. The molecule has 3 rings (SSSR count). The number of rotatable bonds is 6. The fourth-order valence-electron chi connectivity index (χ4n) is 3.03. The molecule has 2 amide bonds. The van der Waals surface area contributed by atoms with Crippen LogP contribution < -0.4 is 21.9 Å². The lowest BCUT2D eigenvalue weighted by molar-refractivity contribution is -0.111. The summed E-state index contributed by atoms with van der Waals surface area (Å²) in [5, 5.41) is 7.88. The summed E-state index contributed by atoms with van der Waals surface area (Å²) in [6, 6.07) is 16.2. The Balaban J connectivity index is 1.94. The SMILES string of the molecule is Cc1ccc(NC(=O)C=Cc2cc(C(N)=O)c(N)c(-c3ccc(S(N)(=O)=O)cc3)c2)cc1. The van der Waals surface area contributed by atoms with Gasteiger partial charge in [0.05, 0.1) is 16.1 Å². The third-order valence-corrected chi connectivity index (χ3v) is 5.64. The number of sulfonamides is 1. The molecule has 8 nitrogen and oxygen atoms in total. The highest BCUT2D eigenvalue weighted by Gasteiger charge is 2.15. The number of nitrogens with two attached hydrogens (primary N) is 3. The first kappa shape index (κ1) is 22.7. The van der Waals surface area contributed by atoms with Crippen LogP contribution in [0.3, 0.4) is 0 Å². The Hall–Kier alpha value is -3.95.